The minimum Gasteiger partial charge on any atom is -0.338 e. The molecule has 0 atom stereocenters. The first-order valence-electron chi connectivity index (χ1n) is 4.78. The number of nitrogens with one attached hydrogen (secondary N) is 1. The first kappa shape index (κ1) is 10.2. The molecule has 0 aliphatic carbocycles. The molecule has 1 rings (SSSR count). The fourth-order valence-electron chi connectivity index (χ4n) is 1.18. The summed E-state index contributed by atoms with van der Waals surface area (Å²) in [4.78, 5) is 5.49. The van der Waals surface area contributed by atoms with Crippen molar-refractivity contribution in [1.29, 1.82) is 0 Å². The van der Waals surface area contributed by atoms with Crippen molar-refractivity contribution >= 4 is 0 Å². The second-order valence-electron chi connectivity index (χ2n) is 3.59. The SMILES string of the molecule is C[NH+](C)CC[NH2+]Cc1ccncc1. The van der Waals surface area contributed by atoms with E-state index in [-0.39, 0.29) is 0 Å². The number of rotatable bonds is 5. The van der Waals surface area contributed by atoms with E-state index in [4.69, 9.17) is 0 Å². The van der Waals surface area contributed by atoms with Crippen LogP contribution in [0.2, 0.25) is 0 Å². The Bertz CT molecular complexity index is 221. The van der Waals surface area contributed by atoms with E-state index < -0.39 is 0 Å². The highest BCUT2D eigenvalue weighted by Gasteiger charge is 1.96. The number of hydrogen-bond donors (Lipinski definition) is 2. The van der Waals surface area contributed by atoms with E-state index in [0.717, 1.165) is 6.54 Å². The Balaban J connectivity index is 2.13. The Morgan fingerprint density at radius 3 is 2.62 bits per heavy atom. The molecule has 0 aromatic carbocycles. The Labute approximate surface area is 79.8 Å². The van der Waals surface area contributed by atoms with Crippen molar-refractivity contribution < 1.29 is 10.2 Å². The molecular weight excluding hydrogens is 162 g/mol. The monoisotopic (exact) mass is 181 g/mol. The lowest BCUT2D eigenvalue weighted by Crippen LogP contribution is -3.09. The predicted molar refractivity (Wildman–Crippen MR) is 52.4 cm³/mol. The van der Waals surface area contributed by atoms with Crippen LogP contribution in [0.15, 0.2) is 24.5 Å². The summed E-state index contributed by atoms with van der Waals surface area (Å²) in [5, 5.41) is 2.34. The van der Waals surface area contributed by atoms with Gasteiger partial charge in [0, 0.05) is 18.0 Å². The third-order valence-corrected chi connectivity index (χ3v) is 1.98. The summed E-state index contributed by atoms with van der Waals surface area (Å²) in [5.41, 5.74) is 1.35. The number of nitrogens with two attached hydrogens (primary N) is 1. The van der Waals surface area contributed by atoms with Gasteiger partial charge in [-0.1, -0.05) is 0 Å². The van der Waals surface area contributed by atoms with Gasteiger partial charge in [0.25, 0.3) is 0 Å². The van der Waals surface area contributed by atoms with E-state index in [9.17, 15) is 0 Å². The van der Waals surface area contributed by atoms with Gasteiger partial charge in [-0.05, 0) is 12.1 Å². The van der Waals surface area contributed by atoms with Crippen molar-refractivity contribution in [1.82, 2.24) is 4.98 Å². The second kappa shape index (κ2) is 5.67. The summed E-state index contributed by atoms with van der Waals surface area (Å²) in [6, 6.07) is 4.14. The van der Waals surface area contributed by atoms with E-state index in [1.54, 1.807) is 0 Å². The van der Waals surface area contributed by atoms with Gasteiger partial charge in [-0.2, -0.15) is 0 Å². The summed E-state index contributed by atoms with van der Waals surface area (Å²) in [7, 11) is 4.36. The van der Waals surface area contributed by atoms with Gasteiger partial charge in [0.2, 0.25) is 0 Å². The molecule has 0 radical (unpaired) electrons. The Kier molecular flexibility index (Phi) is 4.43. The van der Waals surface area contributed by atoms with Gasteiger partial charge in [-0.15, -0.1) is 0 Å². The molecule has 0 saturated heterocycles. The van der Waals surface area contributed by atoms with Crippen molar-refractivity contribution in [2.45, 2.75) is 6.54 Å². The normalized spacial score (nSPS) is 10.7. The van der Waals surface area contributed by atoms with E-state index in [0.29, 0.717) is 0 Å². The summed E-state index contributed by atoms with van der Waals surface area (Å²) in [6.07, 6.45) is 3.70. The zero-order chi connectivity index (χ0) is 9.52. The lowest BCUT2D eigenvalue weighted by atomic mass is 10.3. The minimum atomic E-state index is 1.07. The van der Waals surface area contributed by atoms with E-state index in [1.807, 2.05) is 12.4 Å². The summed E-state index contributed by atoms with van der Waals surface area (Å²) in [5.74, 6) is 0. The zero-order valence-corrected chi connectivity index (χ0v) is 8.46. The zero-order valence-electron chi connectivity index (χ0n) is 8.46. The molecule has 1 aromatic heterocycles. The number of likely N-dealkylation sites (N-methyl/N-ethyl adjacent to an activating group) is 1. The maximum absolute atomic E-state index is 3.98. The number of hydrogen-bond acceptors (Lipinski definition) is 1. The maximum Gasteiger partial charge on any atom is 0.126 e. The van der Waals surface area contributed by atoms with Crippen LogP contribution in [0.5, 0.6) is 0 Å². The molecule has 1 heterocycles. The average Bonchev–Trinajstić information content (AvgIpc) is 2.14. The van der Waals surface area contributed by atoms with Crippen LogP contribution in [0.1, 0.15) is 5.56 Å². The van der Waals surface area contributed by atoms with Gasteiger partial charge in [0.05, 0.1) is 14.1 Å². The quantitative estimate of drug-likeness (QED) is 0.521. The highest BCUT2D eigenvalue weighted by Crippen LogP contribution is 1.90. The Morgan fingerprint density at radius 2 is 2.00 bits per heavy atom. The van der Waals surface area contributed by atoms with E-state index in [2.05, 4.69) is 36.5 Å². The summed E-state index contributed by atoms with van der Waals surface area (Å²) in [6.45, 7) is 3.46. The van der Waals surface area contributed by atoms with Crippen LogP contribution in [0, 0.1) is 0 Å². The third kappa shape index (κ3) is 4.60. The molecule has 0 amide bonds. The van der Waals surface area contributed by atoms with Crippen molar-refractivity contribution in [2.75, 3.05) is 27.2 Å². The van der Waals surface area contributed by atoms with Crippen LogP contribution >= 0.6 is 0 Å². The molecule has 3 N–H and O–H groups in total. The number of quaternary nitrogens is 2. The van der Waals surface area contributed by atoms with Gasteiger partial charge in [0.1, 0.15) is 19.6 Å². The van der Waals surface area contributed by atoms with Crippen LogP contribution < -0.4 is 10.2 Å². The number of nitrogens with zero attached hydrogens (tertiary/aromatic N) is 1. The summed E-state index contributed by atoms with van der Waals surface area (Å²) < 4.78 is 0. The largest absolute Gasteiger partial charge is 0.338 e. The first-order valence-corrected chi connectivity index (χ1v) is 4.78. The van der Waals surface area contributed by atoms with E-state index >= 15 is 0 Å². The molecule has 3 nitrogen and oxygen atoms in total. The van der Waals surface area contributed by atoms with Gasteiger partial charge in [0.15, 0.2) is 0 Å². The fraction of sp³-hybridized carbons (Fsp3) is 0.500. The molecule has 0 unspecified atom stereocenters. The molecule has 0 spiro atoms. The van der Waals surface area contributed by atoms with Gasteiger partial charge in [-0.25, -0.2) is 0 Å². The first-order chi connectivity index (χ1) is 6.29. The fourth-order valence-corrected chi connectivity index (χ4v) is 1.18. The van der Waals surface area contributed by atoms with Crippen LogP contribution in [-0.4, -0.2) is 32.2 Å². The molecule has 0 fully saturated rings. The lowest BCUT2D eigenvalue weighted by Gasteiger charge is -2.05. The molecular formula is C10H19N3+2. The van der Waals surface area contributed by atoms with Crippen molar-refractivity contribution in [2.24, 2.45) is 0 Å². The van der Waals surface area contributed by atoms with Crippen LogP contribution in [0.4, 0.5) is 0 Å². The standard InChI is InChI=1S/C10H17N3/c1-13(2)8-7-12-9-10-3-5-11-6-4-10/h3-6,12H,7-9H2,1-2H3/p+2. The van der Waals surface area contributed by atoms with Gasteiger partial charge < -0.3 is 10.2 Å². The minimum absolute atomic E-state index is 1.07. The summed E-state index contributed by atoms with van der Waals surface area (Å²) >= 11 is 0. The molecule has 0 aliphatic heterocycles. The highest BCUT2D eigenvalue weighted by molar-refractivity contribution is 5.07. The Morgan fingerprint density at radius 1 is 1.31 bits per heavy atom. The van der Waals surface area contributed by atoms with Crippen molar-refractivity contribution in [3.8, 4) is 0 Å². The molecule has 0 bridgehead atoms. The second-order valence-corrected chi connectivity index (χ2v) is 3.59. The predicted octanol–water partition coefficient (Wildman–Crippen LogP) is -1.71. The van der Waals surface area contributed by atoms with Crippen LogP contribution in [-0.2, 0) is 6.54 Å². The molecule has 0 saturated carbocycles. The molecule has 3 heteroatoms. The third-order valence-electron chi connectivity index (χ3n) is 1.98. The molecule has 1 aromatic rings. The number of aromatic nitrogens is 1. The van der Waals surface area contributed by atoms with Gasteiger partial charge in [-0.3, -0.25) is 4.98 Å². The smallest absolute Gasteiger partial charge is 0.126 e. The van der Waals surface area contributed by atoms with Crippen LogP contribution in [0.3, 0.4) is 0 Å². The lowest BCUT2D eigenvalue weighted by molar-refractivity contribution is -0.875. The Hall–Kier alpha value is -0.930. The maximum atomic E-state index is 3.98. The van der Waals surface area contributed by atoms with Crippen molar-refractivity contribution in [3.05, 3.63) is 30.1 Å². The average molecular weight is 181 g/mol. The van der Waals surface area contributed by atoms with Crippen LogP contribution in [0.25, 0.3) is 0 Å². The van der Waals surface area contributed by atoms with Gasteiger partial charge >= 0.3 is 0 Å². The highest BCUT2D eigenvalue weighted by atomic mass is 15.1. The molecule has 0 aliphatic rings. The molecule has 13 heavy (non-hydrogen) atoms. The van der Waals surface area contributed by atoms with Crippen molar-refractivity contribution in [3.63, 3.8) is 0 Å². The number of pyridine rings is 1. The van der Waals surface area contributed by atoms with E-state index in [1.165, 1.54) is 23.6 Å². The topological polar surface area (TPSA) is 33.9 Å². The molecule has 72 valence electrons.